The summed E-state index contributed by atoms with van der Waals surface area (Å²) in [7, 11) is 0. The van der Waals surface area contributed by atoms with E-state index >= 15 is 0 Å². The second-order valence-corrected chi connectivity index (χ2v) is 5.32. The van der Waals surface area contributed by atoms with Crippen LogP contribution in [0.5, 0.6) is 0 Å². The molecule has 0 aliphatic carbocycles. The van der Waals surface area contributed by atoms with E-state index in [-0.39, 0.29) is 5.91 Å². The van der Waals surface area contributed by atoms with Gasteiger partial charge in [0.15, 0.2) is 0 Å². The van der Waals surface area contributed by atoms with Crippen LogP contribution in [0.3, 0.4) is 0 Å². The highest BCUT2D eigenvalue weighted by Gasteiger charge is 2.14. The second-order valence-electron chi connectivity index (χ2n) is 4.40. The summed E-state index contributed by atoms with van der Waals surface area (Å²) in [6.07, 6.45) is 2.84. The molecule has 2 N–H and O–H groups in total. The molecule has 0 saturated carbocycles. The summed E-state index contributed by atoms with van der Waals surface area (Å²) in [4.78, 5) is 11.7. The van der Waals surface area contributed by atoms with Gasteiger partial charge in [-0.3, -0.25) is 4.79 Å². The summed E-state index contributed by atoms with van der Waals surface area (Å²) in [5, 5.41) is 6.34. The minimum Gasteiger partial charge on any atom is -0.354 e. The molecule has 1 saturated heterocycles. The van der Waals surface area contributed by atoms with Gasteiger partial charge in [0.1, 0.15) is 0 Å². The van der Waals surface area contributed by atoms with Crippen molar-refractivity contribution in [2.45, 2.75) is 25.3 Å². The first kappa shape index (κ1) is 12.6. The lowest BCUT2D eigenvalue weighted by Crippen LogP contribution is -2.37. The average Bonchev–Trinajstić information content (AvgIpc) is 2.83. The van der Waals surface area contributed by atoms with Crippen LogP contribution in [0, 0.1) is 0 Å². The quantitative estimate of drug-likeness (QED) is 0.890. The number of nitrogens with one attached hydrogen (secondary N) is 2. The van der Waals surface area contributed by atoms with Gasteiger partial charge >= 0.3 is 0 Å². The molecule has 0 radical (unpaired) electrons. The van der Waals surface area contributed by atoms with Crippen LogP contribution < -0.4 is 10.6 Å². The van der Waals surface area contributed by atoms with Crippen molar-refractivity contribution < 1.29 is 4.79 Å². The predicted octanol–water partition coefficient (Wildman–Crippen LogP) is 1.86. The van der Waals surface area contributed by atoms with Crippen molar-refractivity contribution in [1.82, 2.24) is 10.6 Å². The van der Waals surface area contributed by atoms with Gasteiger partial charge in [-0.05, 0) is 37.1 Å². The van der Waals surface area contributed by atoms with E-state index in [0.717, 1.165) is 23.1 Å². The third-order valence-electron chi connectivity index (χ3n) is 2.99. The van der Waals surface area contributed by atoms with Crippen LogP contribution in [0.4, 0.5) is 0 Å². The molecule has 17 heavy (non-hydrogen) atoms. The van der Waals surface area contributed by atoms with Gasteiger partial charge in [0.05, 0.1) is 6.42 Å². The van der Waals surface area contributed by atoms with Gasteiger partial charge in [-0.15, -0.1) is 0 Å². The summed E-state index contributed by atoms with van der Waals surface area (Å²) in [6, 6.07) is 8.32. The largest absolute Gasteiger partial charge is 0.354 e. The number of benzene rings is 1. The number of carbonyl (C=O) groups is 1. The molecule has 0 spiro atoms. The molecule has 1 fully saturated rings. The SMILES string of the molecule is O=C(Cc1ccc(Br)cc1)NCC1CCCN1. The highest BCUT2D eigenvalue weighted by atomic mass is 79.9. The molecule has 3 nitrogen and oxygen atoms in total. The molecule has 92 valence electrons. The van der Waals surface area contributed by atoms with Gasteiger partial charge < -0.3 is 10.6 Å². The van der Waals surface area contributed by atoms with Crippen LogP contribution in [0.15, 0.2) is 28.7 Å². The Balaban J connectivity index is 1.74. The summed E-state index contributed by atoms with van der Waals surface area (Å²) in [5.41, 5.74) is 1.05. The van der Waals surface area contributed by atoms with Gasteiger partial charge in [0.2, 0.25) is 5.91 Å². The van der Waals surface area contributed by atoms with Crippen LogP contribution in [0.1, 0.15) is 18.4 Å². The molecular formula is C13H17BrN2O. The number of carbonyl (C=O) groups excluding carboxylic acids is 1. The number of amides is 1. The lowest BCUT2D eigenvalue weighted by molar-refractivity contribution is -0.120. The van der Waals surface area contributed by atoms with Gasteiger partial charge in [-0.1, -0.05) is 28.1 Å². The minimum atomic E-state index is 0.0982. The highest BCUT2D eigenvalue weighted by molar-refractivity contribution is 9.10. The van der Waals surface area contributed by atoms with E-state index in [1.165, 1.54) is 12.8 Å². The Kier molecular flexibility index (Phi) is 4.57. The number of hydrogen-bond donors (Lipinski definition) is 2. The van der Waals surface area contributed by atoms with Crippen LogP contribution >= 0.6 is 15.9 Å². The normalized spacial score (nSPS) is 19.2. The van der Waals surface area contributed by atoms with E-state index in [1.54, 1.807) is 0 Å². The highest BCUT2D eigenvalue weighted by Crippen LogP contribution is 2.10. The van der Waals surface area contributed by atoms with E-state index < -0.39 is 0 Å². The zero-order chi connectivity index (χ0) is 12.1. The predicted molar refractivity (Wildman–Crippen MR) is 71.9 cm³/mol. The average molecular weight is 297 g/mol. The van der Waals surface area contributed by atoms with Gasteiger partial charge in [-0.2, -0.15) is 0 Å². The maximum Gasteiger partial charge on any atom is 0.224 e. The van der Waals surface area contributed by atoms with Crippen molar-refractivity contribution in [2.75, 3.05) is 13.1 Å². The Morgan fingerprint density at radius 2 is 2.18 bits per heavy atom. The van der Waals surface area contributed by atoms with Crippen molar-refractivity contribution in [3.05, 3.63) is 34.3 Å². The Morgan fingerprint density at radius 3 is 2.82 bits per heavy atom. The molecule has 1 amide bonds. The minimum absolute atomic E-state index is 0.0982. The summed E-state index contributed by atoms with van der Waals surface area (Å²) in [6.45, 7) is 1.82. The molecular weight excluding hydrogens is 280 g/mol. The molecule has 1 unspecified atom stereocenters. The summed E-state index contributed by atoms with van der Waals surface area (Å²) < 4.78 is 1.04. The van der Waals surface area contributed by atoms with Crippen molar-refractivity contribution in [2.24, 2.45) is 0 Å². The van der Waals surface area contributed by atoms with Crippen molar-refractivity contribution >= 4 is 21.8 Å². The standard InChI is InChI=1S/C13H17BrN2O/c14-11-5-3-10(4-6-11)8-13(17)16-9-12-2-1-7-15-12/h3-6,12,15H,1-2,7-9H2,(H,16,17). The number of rotatable bonds is 4. The first-order valence-electron chi connectivity index (χ1n) is 5.98. The molecule has 1 heterocycles. The smallest absolute Gasteiger partial charge is 0.224 e. The molecule has 1 aliphatic rings. The summed E-state index contributed by atoms with van der Waals surface area (Å²) in [5.74, 6) is 0.0982. The van der Waals surface area contributed by atoms with Crippen LogP contribution in [0.25, 0.3) is 0 Å². The first-order chi connectivity index (χ1) is 8.24. The monoisotopic (exact) mass is 296 g/mol. The van der Waals surface area contributed by atoms with Crippen LogP contribution in [0.2, 0.25) is 0 Å². The van der Waals surface area contributed by atoms with Gasteiger partial charge in [0, 0.05) is 17.1 Å². The molecule has 2 rings (SSSR count). The third-order valence-corrected chi connectivity index (χ3v) is 3.51. The fraction of sp³-hybridized carbons (Fsp3) is 0.462. The topological polar surface area (TPSA) is 41.1 Å². The Hall–Kier alpha value is -0.870. The van der Waals surface area contributed by atoms with Crippen LogP contribution in [-0.2, 0) is 11.2 Å². The Bertz CT molecular complexity index is 372. The fourth-order valence-corrected chi connectivity index (χ4v) is 2.28. The van der Waals surface area contributed by atoms with Crippen molar-refractivity contribution in [3.8, 4) is 0 Å². The maximum absolute atomic E-state index is 11.7. The number of halogens is 1. The molecule has 1 atom stereocenters. The molecule has 1 aromatic carbocycles. The van der Waals surface area contributed by atoms with E-state index in [9.17, 15) is 4.79 Å². The fourth-order valence-electron chi connectivity index (χ4n) is 2.02. The lowest BCUT2D eigenvalue weighted by Gasteiger charge is -2.11. The molecule has 0 aromatic heterocycles. The van der Waals surface area contributed by atoms with E-state index in [1.807, 2.05) is 24.3 Å². The lowest BCUT2D eigenvalue weighted by atomic mass is 10.1. The maximum atomic E-state index is 11.7. The van der Waals surface area contributed by atoms with Crippen molar-refractivity contribution in [1.29, 1.82) is 0 Å². The van der Waals surface area contributed by atoms with E-state index in [0.29, 0.717) is 12.5 Å². The Labute approximate surface area is 110 Å². The molecule has 4 heteroatoms. The zero-order valence-electron chi connectivity index (χ0n) is 9.71. The van der Waals surface area contributed by atoms with E-state index in [4.69, 9.17) is 0 Å². The first-order valence-corrected chi connectivity index (χ1v) is 6.78. The van der Waals surface area contributed by atoms with Crippen LogP contribution in [-0.4, -0.2) is 25.0 Å². The van der Waals surface area contributed by atoms with Gasteiger partial charge in [0.25, 0.3) is 0 Å². The second kappa shape index (κ2) is 6.17. The Morgan fingerprint density at radius 1 is 1.41 bits per heavy atom. The van der Waals surface area contributed by atoms with Crippen molar-refractivity contribution in [3.63, 3.8) is 0 Å². The van der Waals surface area contributed by atoms with E-state index in [2.05, 4.69) is 26.6 Å². The summed E-state index contributed by atoms with van der Waals surface area (Å²) >= 11 is 3.38. The zero-order valence-corrected chi connectivity index (χ0v) is 11.3. The molecule has 1 aliphatic heterocycles. The number of hydrogen-bond acceptors (Lipinski definition) is 2. The molecule has 0 bridgehead atoms. The third kappa shape index (κ3) is 4.13. The molecule has 1 aromatic rings. The van der Waals surface area contributed by atoms with Gasteiger partial charge in [-0.25, -0.2) is 0 Å².